The Hall–Kier alpha value is -2.05. The third-order valence-corrected chi connectivity index (χ3v) is 3.14. The van der Waals surface area contributed by atoms with Crippen molar-refractivity contribution >= 4 is 11.9 Å². The predicted octanol–water partition coefficient (Wildman–Crippen LogP) is 1.68. The molecule has 0 aromatic heterocycles. The monoisotopic (exact) mass is 273 g/mol. The molecular formula is C12H10F3NO3. The van der Waals surface area contributed by atoms with Crippen molar-refractivity contribution in [2.45, 2.75) is 24.1 Å². The van der Waals surface area contributed by atoms with Gasteiger partial charge in [0, 0.05) is 5.92 Å². The number of aliphatic carboxylic acids is 1. The lowest BCUT2D eigenvalue weighted by molar-refractivity contribution is -0.176. The highest BCUT2D eigenvalue weighted by Gasteiger charge is 2.64. The first kappa shape index (κ1) is 13.4. The minimum atomic E-state index is -5.09. The van der Waals surface area contributed by atoms with Crippen LogP contribution in [0.2, 0.25) is 0 Å². The normalized spacial score (nSPS) is 25.7. The standard InChI is InChI=1S/C12H10F3NO3/c13-12(14,15)9(17)16-11(10(18)19)6-8(11)7-4-2-1-3-5-7/h1-5,8H,6H2,(H,16,17)(H,18,19). The van der Waals surface area contributed by atoms with E-state index in [1.165, 1.54) is 0 Å². The Morgan fingerprint density at radius 3 is 2.32 bits per heavy atom. The molecule has 0 radical (unpaired) electrons. The van der Waals surface area contributed by atoms with Crippen molar-refractivity contribution < 1.29 is 27.9 Å². The number of carboxylic acid groups (broad SMARTS) is 1. The Labute approximate surface area is 106 Å². The first-order valence-electron chi connectivity index (χ1n) is 5.45. The van der Waals surface area contributed by atoms with Gasteiger partial charge in [-0.05, 0) is 12.0 Å². The van der Waals surface area contributed by atoms with E-state index < -0.39 is 29.5 Å². The van der Waals surface area contributed by atoms with Crippen LogP contribution in [-0.2, 0) is 9.59 Å². The smallest absolute Gasteiger partial charge is 0.471 e. The van der Waals surface area contributed by atoms with Crippen LogP contribution in [0.5, 0.6) is 0 Å². The van der Waals surface area contributed by atoms with Gasteiger partial charge in [0.25, 0.3) is 0 Å². The third kappa shape index (κ3) is 2.40. The van der Waals surface area contributed by atoms with Crippen molar-refractivity contribution in [3.63, 3.8) is 0 Å². The molecular weight excluding hydrogens is 263 g/mol. The zero-order valence-corrected chi connectivity index (χ0v) is 9.57. The lowest BCUT2D eigenvalue weighted by atomic mass is 10.1. The first-order chi connectivity index (χ1) is 8.77. The van der Waals surface area contributed by atoms with Gasteiger partial charge in [0.1, 0.15) is 5.54 Å². The van der Waals surface area contributed by atoms with E-state index in [1.807, 2.05) is 0 Å². The number of hydrogen-bond acceptors (Lipinski definition) is 2. The van der Waals surface area contributed by atoms with E-state index in [4.69, 9.17) is 5.11 Å². The van der Waals surface area contributed by atoms with Gasteiger partial charge < -0.3 is 10.4 Å². The van der Waals surface area contributed by atoms with Gasteiger partial charge in [-0.15, -0.1) is 0 Å². The van der Waals surface area contributed by atoms with E-state index in [0.29, 0.717) is 5.56 Å². The first-order valence-corrected chi connectivity index (χ1v) is 5.45. The Morgan fingerprint density at radius 2 is 1.84 bits per heavy atom. The van der Waals surface area contributed by atoms with Gasteiger partial charge in [-0.3, -0.25) is 4.79 Å². The summed E-state index contributed by atoms with van der Waals surface area (Å²) in [5.41, 5.74) is -1.26. The van der Waals surface area contributed by atoms with E-state index >= 15 is 0 Å². The molecule has 0 bridgehead atoms. The summed E-state index contributed by atoms with van der Waals surface area (Å²) in [5, 5.41) is 10.7. The number of benzene rings is 1. The molecule has 0 heterocycles. The summed E-state index contributed by atoms with van der Waals surface area (Å²) in [7, 11) is 0. The summed E-state index contributed by atoms with van der Waals surface area (Å²) in [6.45, 7) is 0. The zero-order chi connectivity index (χ0) is 14.3. The molecule has 1 aromatic carbocycles. The molecule has 102 valence electrons. The Kier molecular flexibility index (Phi) is 3.00. The summed E-state index contributed by atoms with van der Waals surface area (Å²) in [5.74, 6) is -4.33. The fourth-order valence-corrected chi connectivity index (χ4v) is 2.05. The highest BCUT2D eigenvalue weighted by molar-refractivity contribution is 5.93. The van der Waals surface area contributed by atoms with Crippen molar-refractivity contribution in [3.05, 3.63) is 35.9 Å². The summed E-state index contributed by atoms with van der Waals surface area (Å²) in [6.07, 6.45) is -5.14. The molecule has 1 aromatic rings. The van der Waals surface area contributed by atoms with Gasteiger partial charge in [0.05, 0.1) is 0 Å². The number of alkyl halides is 3. The largest absolute Gasteiger partial charge is 0.479 e. The second kappa shape index (κ2) is 4.25. The van der Waals surface area contributed by atoms with Crippen LogP contribution < -0.4 is 5.32 Å². The topological polar surface area (TPSA) is 66.4 Å². The Bertz CT molecular complexity index is 515. The molecule has 2 unspecified atom stereocenters. The predicted molar refractivity (Wildman–Crippen MR) is 58.4 cm³/mol. The maximum atomic E-state index is 12.2. The molecule has 1 aliphatic rings. The molecule has 1 saturated carbocycles. The van der Waals surface area contributed by atoms with Gasteiger partial charge in [0.2, 0.25) is 0 Å². The van der Waals surface area contributed by atoms with Crippen molar-refractivity contribution in [2.75, 3.05) is 0 Å². The fraction of sp³-hybridized carbons (Fsp3) is 0.333. The lowest BCUT2D eigenvalue weighted by Gasteiger charge is -2.16. The highest BCUT2D eigenvalue weighted by Crippen LogP contribution is 2.51. The molecule has 0 spiro atoms. The number of hydrogen-bond donors (Lipinski definition) is 2. The average Bonchev–Trinajstić information content (AvgIpc) is 3.05. The van der Waals surface area contributed by atoms with Crippen molar-refractivity contribution in [1.82, 2.24) is 5.32 Å². The second-order valence-electron chi connectivity index (χ2n) is 4.40. The lowest BCUT2D eigenvalue weighted by Crippen LogP contribution is -2.49. The van der Waals surface area contributed by atoms with Crippen molar-refractivity contribution in [2.24, 2.45) is 0 Å². The molecule has 4 nitrogen and oxygen atoms in total. The van der Waals surface area contributed by atoms with Crippen LogP contribution in [0.1, 0.15) is 17.9 Å². The SMILES string of the molecule is O=C(NC1(C(=O)O)CC1c1ccccc1)C(F)(F)F. The van der Waals surface area contributed by atoms with Crippen LogP contribution in [0.4, 0.5) is 13.2 Å². The molecule has 7 heteroatoms. The quantitative estimate of drug-likeness (QED) is 0.880. The zero-order valence-electron chi connectivity index (χ0n) is 9.57. The number of nitrogens with one attached hydrogen (secondary N) is 1. The second-order valence-corrected chi connectivity index (χ2v) is 4.40. The van der Waals surface area contributed by atoms with E-state index in [9.17, 15) is 22.8 Å². The van der Waals surface area contributed by atoms with E-state index in [0.717, 1.165) is 0 Å². The maximum Gasteiger partial charge on any atom is 0.471 e. The molecule has 1 aliphatic carbocycles. The minimum Gasteiger partial charge on any atom is -0.479 e. The van der Waals surface area contributed by atoms with Crippen LogP contribution in [0, 0.1) is 0 Å². The molecule has 2 atom stereocenters. The van der Waals surface area contributed by atoms with Gasteiger partial charge in [0.15, 0.2) is 0 Å². The number of carbonyl (C=O) groups excluding carboxylic acids is 1. The summed E-state index contributed by atoms with van der Waals surface area (Å²) < 4.78 is 36.6. The molecule has 0 saturated heterocycles. The van der Waals surface area contributed by atoms with E-state index in [2.05, 4.69) is 0 Å². The van der Waals surface area contributed by atoms with Crippen molar-refractivity contribution in [3.8, 4) is 0 Å². The van der Waals surface area contributed by atoms with E-state index in [-0.39, 0.29) is 6.42 Å². The summed E-state index contributed by atoms with van der Waals surface area (Å²) >= 11 is 0. The molecule has 0 aliphatic heterocycles. The molecule has 2 rings (SSSR count). The van der Waals surface area contributed by atoms with Crippen LogP contribution in [-0.4, -0.2) is 28.7 Å². The van der Waals surface area contributed by atoms with Gasteiger partial charge >= 0.3 is 18.1 Å². The number of carbonyl (C=O) groups is 2. The van der Waals surface area contributed by atoms with Crippen LogP contribution >= 0.6 is 0 Å². The van der Waals surface area contributed by atoms with Crippen molar-refractivity contribution in [1.29, 1.82) is 0 Å². The molecule has 1 fully saturated rings. The fourth-order valence-electron chi connectivity index (χ4n) is 2.05. The van der Waals surface area contributed by atoms with Gasteiger partial charge in [-0.1, -0.05) is 30.3 Å². The Balaban J connectivity index is 2.20. The number of halogens is 3. The maximum absolute atomic E-state index is 12.2. The van der Waals surface area contributed by atoms with Crippen LogP contribution in [0.25, 0.3) is 0 Å². The number of rotatable bonds is 3. The minimum absolute atomic E-state index is 0.0475. The number of amides is 1. The molecule has 2 N–H and O–H groups in total. The molecule has 19 heavy (non-hydrogen) atoms. The van der Waals surface area contributed by atoms with Gasteiger partial charge in [-0.25, -0.2) is 4.79 Å². The average molecular weight is 273 g/mol. The highest BCUT2D eigenvalue weighted by atomic mass is 19.4. The Morgan fingerprint density at radius 1 is 1.26 bits per heavy atom. The third-order valence-electron chi connectivity index (χ3n) is 3.14. The van der Waals surface area contributed by atoms with Crippen LogP contribution in [0.3, 0.4) is 0 Å². The summed E-state index contributed by atoms with van der Waals surface area (Å²) in [4.78, 5) is 22.0. The van der Waals surface area contributed by atoms with Crippen LogP contribution in [0.15, 0.2) is 30.3 Å². The van der Waals surface area contributed by atoms with Gasteiger partial charge in [-0.2, -0.15) is 13.2 Å². The number of carboxylic acids is 1. The molecule has 1 amide bonds. The van der Waals surface area contributed by atoms with E-state index in [1.54, 1.807) is 35.6 Å². The summed E-state index contributed by atoms with van der Waals surface area (Å²) in [6, 6.07) is 8.27.